The van der Waals surface area contributed by atoms with Gasteiger partial charge in [-0.3, -0.25) is 0 Å². The number of hydrogen-bond donors (Lipinski definition) is 1. The Kier molecular flexibility index (Phi) is 6.91. The maximum absolute atomic E-state index is 12.9. The van der Waals surface area contributed by atoms with Crippen LogP contribution in [0, 0.1) is 11.7 Å². The van der Waals surface area contributed by atoms with E-state index < -0.39 is 0 Å². The molecule has 1 aromatic rings. The molecular formula is C15H24FNO. The van der Waals surface area contributed by atoms with Crippen LogP contribution in [0.3, 0.4) is 0 Å². The van der Waals surface area contributed by atoms with Crippen LogP contribution in [0.15, 0.2) is 24.3 Å². The van der Waals surface area contributed by atoms with Crippen LogP contribution in [-0.2, 0) is 4.74 Å². The number of benzene rings is 1. The van der Waals surface area contributed by atoms with Gasteiger partial charge in [0.05, 0.1) is 6.10 Å². The van der Waals surface area contributed by atoms with Crippen molar-refractivity contribution in [3.63, 3.8) is 0 Å². The molecule has 2 nitrogen and oxygen atoms in total. The first kappa shape index (κ1) is 15.1. The Hall–Kier alpha value is -0.930. The second-order valence-electron chi connectivity index (χ2n) is 5.00. The maximum atomic E-state index is 12.9. The van der Waals surface area contributed by atoms with Gasteiger partial charge in [-0.1, -0.05) is 26.0 Å². The van der Waals surface area contributed by atoms with E-state index in [1.807, 2.05) is 7.05 Å². The third-order valence-corrected chi connectivity index (χ3v) is 2.88. The third-order valence-electron chi connectivity index (χ3n) is 2.88. The Morgan fingerprint density at radius 3 is 2.44 bits per heavy atom. The summed E-state index contributed by atoms with van der Waals surface area (Å²) in [6, 6.07) is 6.55. The molecule has 0 radical (unpaired) electrons. The molecular weight excluding hydrogens is 229 g/mol. The molecule has 102 valence electrons. The summed E-state index contributed by atoms with van der Waals surface area (Å²) in [6.07, 6.45) is 2.25. The monoisotopic (exact) mass is 253 g/mol. The first-order chi connectivity index (χ1) is 8.63. The summed E-state index contributed by atoms with van der Waals surface area (Å²) in [5, 5.41) is 3.11. The van der Waals surface area contributed by atoms with Crippen LogP contribution in [-0.4, -0.2) is 20.2 Å². The van der Waals surface area contributed by atoms with Crippen LogP contribution in [0.5, 0.6) is 0 Å². The zero-order valence-corrected chi connectivity index (χ0v) is 11.6. The molecule has 0 bridgehead atoms. The highest BCUT2D eigenvalue weighted by Gasteiger charge is 2.11. The second kappa shape index (κ2) is 8.22. The number of likely N-dealkylation sites (N-methyl/N-ethyl adjacent to an activating group) is 1. The summed E-state index contributed by atoms with van der Waals surface area (Å²) >= 11 is 0. The van der Waals surface area contributed by atoms with Gasteiger partial charge >= 0.3 is 0 Å². The lowest BCUT2D eigenvalue weighted by Gasteiger charge is -2.18. The second-order valence-corrected chi connectivity index (χ2v) is 5.00. The first-order valence-electron chi connectivity index (χ1n) is 6.65. The molecule has 0 saturated heterocycles. The largest absolute Gasteiger partial charge is 0.372 e. The fourth-order valence-corrected chi connectivity index (χ4v) is 1.85. The Balaban J connectivity index is 2.46. The molecule has 0 amide bonds. The van der Waals surface area contributed by atoms with Crippen molar-refractivity contribution in [3.8, 4) is 0 Å². The fourth-order valence-electron chi connectivity index (χ4n) is 1.85. The van der Waals surface area contributed by atoms with Crippen LogP contribution < -0.4 is 5.32 Å². The van der Waals surface area contributed by atoms with E-state index in [1.165, 1.54) is 18.6 Å². The van der Waals surface area contributed by atoms with E-state index >= 15 is 0 Å². The van der Waals surface area contributed by atoms with Gasteiger partial charge in [-0.25, -0.2) is 4.39 Å². The highest BCUT2D eigenvalue weighted by Crippen LogP contribution is 2.18. The van der Waals surface area contributed by atoms with Gasteiger partial charge in [0.1, 0.15) is 5.82 Å². The summed E-state index contributed by atoms with van der Waals surface area (Å²) in [6.45, 7) is 5.92. The van der Waals surface area contributed by atoms with Crippen LogP contribution in [0.4, 0.5) is 4.39 Å². The van der Waals surface area contributed by atoms with Crippen molar-refractivity contribution in [1.29, 1.82) is 0 Å². The lowest BCUT2D eigenvalue weighted by molar-refractivity contribution is 0.0499. The third kappa shape index (κ3) is 5.61. The van der Waals surface area contributed by atoms with Gasteiger partial charge < -0.3 is 10.1 Å². The van der Waals surface area contributed by atoms with Gasteiger partial charge in [0.25, 0.3) is 0 Å². The molecule has 0 aliphatic carbocycles. The average Bonchev–Trinajstić information content (AvgIpc) is 2.34. The Labute approximate surface area is 110 Å². The van der Waals surface area contributed by atoms with Gasteiger partial charge in [0.2, 0.25) is 0 Å². The number of ether oxygens (including phenoxy) is 1. The van der Waals surface area contributed by atoms with Crippen LogP contribution in [0.25, 0.3) is 0 Å². The van der Waals surface area contributed by atoms with Crippen molar-refractivity contribution in [2.24, 2.45) is 5.92 Å². The lowest BCUT2D eigenvalue weighted by atomic mass is 10.1. The van der Waals surface area contributed by atoms with E-state index in [1.54, 1.807) is 12.1 Å². The van der Waals surface area contributed by atoms with Crippen molar-refractivity contribution in [2.45, 2.75) is 32.8 Å². The quantitative estimate of drug-likeness (QED) is 0.715. The highest BCUT2D eigenvalue weighted by molar-refractivity contribution is 5.19. The molecule has 1 aromatic carbocycles. The molecule has 1 unspecified atom stereocenters. The summed E-state index contributed by atoms with van der Waals surface area (Å²) in [4.78, 5) is 0. The minimum absolute atomic E-state index is 0.00256. The minimum Gasteiger partial charge on any atom is -0.372 e. The predicted molar refractivity (Wildman–Crippen MR) is 73.1 cm³/mol. The van der Waals surface area contributed by atoms with Crippen LogP contribution in [0.1, 0.15) is 38.4 Å². The lowest BCUT2D eigenvalue weighted by Crippen LogP contribution is -2.20. The number of hydrogen-bond acceptors (Lipinski definition) is 2. The fraction of sp³-hybridized carbons (Fsp3) is 0.600. The molecule has 0 aliphatic heterocycles. The molecule has 1 N–H and O–H groups in total. The summed E-state index contributed by atoms with van der Waals surface area (Å²) in [5.74, 6) is 0.504. The smallest absolute Gasteiger partial charge is 0.123 e. The zero-order chi connectivity index (χ0) is 13.4. The Morgan fingerprint density at radius 1 is 1.22 bits per heavy atom. The van der Waals surface area contributed by atoms with Crippen LogP contribution >= 0.6 is 0 Å². The molecule has 18 heavy (non-hydrogen) atoms. The number of halogens is 1. The molecule has 3 heteroatoms. The van der Waals surface area contributed by atoms with Gasteiger partial charge in [-0.15, -0.1) is 0 Å². The van der Waals surface area contributed by atoms with E-state index in [0.717, 1.165) is 25.1 Å². The SMILES string of the molecule is CNCC(OCCCC(C)C)c1ccc(F)cc1. The highest BCUT2D eigenvalue weighted by atomic mass is 19.1. The van der Waals surface area contributed by atoms with E-state index in [4.69, 9.17) is 4.74 Å². The van der Waals surface area contributed by atoms with Crippen molar-refractivity contribution in [1.82, 2.24) is 5.32 Å². The molecule has 1 atom stereocenters. The molecule has 0 heterocycles. The Morgan fingerprint density at radius 2 is 1.89 bits per heavy atom. The van der Waals surface area contributed by atoms with Crippen molar-refractivity contribution in [2.75, 3.05) is 20.2 Å². The molecule has 0 aromatic heterocycles. The molecule has 0 spiro atoms. The first-order valence-corrected chi connectivity index (χ1v) is 6.65. The standard InChI is InChI=1S/C15H24FNO/c1-12(2)5-4-10-18-15(11-17-3)13-6-8-14(16)9-7-13/h6-9,12,15,17H,4-5,10-11H2,1-3H3. The molecule has 0 saturated carbocycles. The zero-order valence-electron chi connectivity index (χ0n) is 11.6. The number of rotatable bonds is 8. The topological polar surface area (TPSA) is 21.3 Å². The van der Waals surface area contributed by atoms with E-state index in [-0.39, 0.29) is 11.9 Å². The van der Waals surface area contributed by atoms with E-state index in [2.05, 4.69) is 19.2 Å². The minimum atomic E-state index is -0.207. The van der Waals surface area contributed by atoms with Gasteiger partial charge in [-0.2, -0.15) is 0 Å². The summed E-state index contributed by atoms with van der Waals surface area (Å²) < 4.78 is 18.7. The van der Waals surface area contributed by atoms with Gasteiger partial charge in [-0.05, 0) is 43.5 Å². The number of nitrogens with one attached hydrogen (secondary N) is 1. The van der Waals surface area contributed by atoms with Gasteiger partial charge in [0.15, 0.2) is 0 Å². The summed E-state index contributed by atoms with van der Waals surface area (Å²) in [7, 11) is 1.90. The Bertz CT molecular complexity index is 324. The molecule has 1 rings (SSSR count). The van der Waals surface area contributed by atoms with Crippen LogP contribution in [0.2, 0.25) is 0 Å². The van der Waals surface area contributed by atoms with E-state index in [0.29, 0.717) is 5.92 Å². The normalized spacial score (nSPS) is 12.9. The van der Waals surface area contributed by atoms with Crippen molar-refractivity contribution >= 4 is 0 Å². The summed E-state index contributed by atoms with van der Waals surface area (Å²) in [5.41, 5.74) is 1.02. The molecule has 0 aliphatic rings. The van der Waals surface area contributed by atoms with E-state index in [9.17, 15) is 4.39 Å². The van der Waals surface area contributed by atoms with Gasteiger partial charge in [0, 0.05) is 13.2 Å². The average molecular weight is 253 g/mol. The molecule has 0 fully saturated rings. The van der Waals surface area contributed by atoms with Crippen molar-refractivity contribution < 1.29 is 9.13 Å². The maximum Gasteiger partial charge on any atom is 0.123 e. The van der Waals surface area contributed by atoms with Crippen molar-refractivity contribution in [3.05, 3.63) is 35.6 Å². The predicted octanol–water partition coefficient (Wildman–Crippen LogP) is 3.54.